The van der Waals surface area contributed by atoms with Gasteiger partial charge in [0.1, 0.15) is 0 Å². The zero-order chi connectivity index (χ0) is 13.8. The molecule has 0 fully saturated rings. The van der Waals surface area contributed by atoms with Gasteiger partial charge in [-0.1, -0.05) is 19.1 Å². The molecule has 0 amide bonds. The number of methoxy groups -OCH3 is 1. The Labute approximate surface area is 107 Å². The molecule has 102 valence electrons. The largest absolute Gasteiger partial charge is 0.494 e. The predicted molar refractivity (Wildman–Crippen MR) is 68.7 cm³/mol. The maximum absolute atomic E-state index is 13.8. The summed E-state index contributed by atoms with van der Waals surface area (Å²) in [6, 6.07) is 4.03. The maximum atomic E-state index is 13.8. The molecule has 0 aliphatic rings. The highest BCUT2D eigenvalue weighted by Gasteiger charge is 2.19. The molecule has 0 radical (unpaired) electrons. The lowest BCUT2D eigenvalue weighted by Crippen LogP contribution is -2.29. The Balaban J connectivity index is 2.91. The third-order valence-electron chi connectivity index (χ3n) is 2.63. The quantitative estimate of drug-likeness (QED) is 0.854. The maximum Gasteiger partial charge on any atom is 0.169 e. The third-order valence-corrected chi connectivity index (χ3v) is 4.32. The van der Waals surface area contributed by atoms with E-state index in [2.05, 4.69) is 0 Å². The molecule has 0 heterocycles. The van der Waals surface area contributed by atoms with E-state index in [1.165, 1.54) is 19.2 Å². The number of hydrogen-bond donors (Lipinski definition) is 1. The Kier molecular flexibility index (Phi) is 5.10. The van der Waals surface area contributed by atoms with Gasteiger partial charge in [-0.3, -0.25) is 0 Å². The minimum atomic E-state index is -3.41. The number of benzene rings is 1. The molecule has 1 atom stereocenters. The van der Waals surface area contributed by atoms with Gasteiger partial charge in [0.2, 0.25) is 0 Å². The van der Waals surface area contributed by atoms with Crippen LogP contribution in [0.2, 0.25) is 0 Å². The summed E-state index contributed by atoms with van der Waals surface area (Å²) < 4.78 is 42.3. The molecule has 0 spiro atoms. The molecule has 1 unspecified atom stereocenters. The van der Waals surface area contributed by atoms with Crippen molar-refractivity contribution in [2.45, 2.75) is 25.1 Å². The van der Waals surface area contributed by atoms with Gasteiger partial charge in [-0.05, 0) is 12.5 Å². The van der Waals surface area contributed by atoms with Gasteiger partial charge in [0.25, 0.3) is 0 Å². The lowest BCUT2D eigenvalue weighted by molar-refractivity contribution is 0.385. The van der Waals surface area contributed by atoms with E-state index in [4.69, 9.17) is 10.5 Å². The minimum Gasteiger partial charge on any atom is -0.494 e. The number of ether oxygens (including phenoxy) is 1. The minimum absolute atomic E-state index is 0.0440. The average Bonchev–Trinajstić information content (AvgIpc) is 2.31. The van der Waals surface area contributed by atoms with E-state index in [1.807, 2.05) is 6.92 Å². The molecule has 6 heteroatoms. The van der Waals surface area contributed by atoms with Crippen molar-refractivity contribution in [3.05, 3.63) is 29.6 Å². The van der Waals surface area contributed by atoms with Crippen LogP contribution in [-0.4, -0.2) is 27.3 Å². The Hall–Kier alpha value is -1.14. The molecule has 0 saturated heterocycles. The normalized spacial score (nSPS) is 13.3. The van der Waals surface area contributed by atoms with E-state index in [0.717, 1.165) is 0 Å². The van der Waals surface area contributed by atoms with Crippen LogP contribution in [0.1, 0.15) is 18.9 Å². The van der Waals surface area contributed by atoms with E-state index >= 15 is 0 Å². The highest BCUT2D eigenvalue weighted by Crippen LogP contribution is 2.21. The summed E-state index contributed by atoms with van der Waals surface area (Å²) in [6.07, 6.45) is 0.569. The first-order valence-electron chi connectivity index (χ1n) is 5.67. The Morgan fingerprint density at radius 1 is 1.44 bits per heavy atom. The van der Waals surface area contributed by atoms with Crippen molar-refractivity contribution in [2.75, 3.05) is 12.9 Å². The van der Waals surface area contributed by atoms with E-state index in [1.54, 1.807) is 6.07 Å². The fourth-order valence-corrected chi connectivity index (χ4v) is 3.27. The summed E-state index contributed by atoms with van der Waals surface area (Å²) in [5.41, 5.74) is 5.72. The van der Waals surface area contributed by atoms with Crippen molar-refractivity contribution in [2.24, 2.45) is 5.73 Å². The second-order valence-electron chi connectivity index (χ2n) is 4.16. The van der Waals surface area contributed by atoms with Crippen LogP contribution in [0, 0.1) is 5.82 Å². The first-order valence-corrected chi connectivity index (χ1v) is 7.49. The lowest BCUT2D eigenvalue weighted by Gasteiger charge is -2.11. The van der Waals surface area contributed by atoms with Gasteiger partial charge in [0.15, 0.2) is 21.4 Å². The highest BCUT2D eigenvalue weighted by molar-refractivity contribution is 7.90. The topological polar surface area (TPSA) is 69.4 Å². The third kappa shape index (κ3) is 3.96. The Bertz CT molecular complexity index is 502. The SMILES string of the molecule is CCC(N)CS(=O)(=O)Cc1cccc(OC)c1F. The summed E-state index contributed by atoms with van der Waals surface area (Å²) in [4.78, 5) is 0. The predicted octanol–water partition coefficient (Wildman–Crippen LogP) is 1.49. The monoisotopic (exact) mass is 275 g/mol. The van der Waals surface area contributed by atoms with Gasteiger partial charge in [-0.15, -0.1) is 0 Å². The van der Waals surface area contributed by atoms with Crippen LogP contribution in [0.25, 0.3) is 0 Å². The van der Waals surface area contributed by atoms with Crippen LogP contribution >= 0.6 is 0 Å². The van der Waals surface area contributed by atoms with Crippen LogP contribution in [0.5, 0.6) is 5.75 Å². The van der Waals surface area contributed by atoms with Crippen molar-refractivity contribution in [3.8, 4) is 5.75 Å². The highest BCUT2D eigenvalue weighted by atomic mass is 32.2. The zero-order valence-electron chi connectivity index (χ0n) is 10.5. The van der Waals surface area contributed by atoms with Crippen molar-refractivity contribution in [1.29, 1.82) is 0 Å². The van der Waals surface area contributed by atoms with Gasteiger partial charge >= 0.3 is 0 Å². The Morgan fingerprint density at radius 3 is 2.67 bits per heavy atom. The van der Waals surface area contributed by atoms with Crippen LogP contribution in [0.15, 0.2) is 18.2 Å². The van der Waals surface area contributed by atoms with E-state index in [9.17, 15) is 12.8 Å². The molecule has 0 saturated carbocycles. The number of nitrogens with two attached hydrogens (primary N) is 1. The summed E-state index contributed by atoms with van der Waals surface area (Å²) in [7, 11) is -2.08. The van der Waals surface area contributed by atoms with Crippen LogP contribution < -0.4 is 10.5 Å². The van der Waals surface area contributed by atoms with Gasteiger partial charge in [-0.25, -0.2) is 12.8 Å². The second kappa shape index (κ2) is 6.15. The molecule has 0 aromatic heterocycles. The lowest BCUT2D eigenvalue weighted by atomic mass is 10.2. The molecule has 0 aliphatic heterocycles. The summed E-state index contributed by atoms with van der Waals surface area (Å²) >= 11 is 0. The molecule has 18 heavy (non-hydrogen) atoms. The van der Waals surface area contributed by atoms with E-state index in [0.29, 0.717) is 6.42 Å². The standard InChI is InChI=1S/C12H18FNO3S/c1-3-10(14)8-18(15,16)7-9-5-4-6-11(17-2)12(9)13/h4-6,10H,3,7-8,14H2,1-2H3. The van der Waals surface area contributed by atoms with Crippen molar-refractivity contribution < 1.29 is 17.5 Å². The van der Waals surface area contributed by atoms with Gasteiger partial charge < -0.3 is 10.5 Å². The number of rotatable bonds is 6. The number of halogens is 1. The van der Waals surface area contributed by atoms with Crippen LogP contribution in [-0.2, 0) is 15.6 Å². The van der Waals surface area contributed by atoms with Gasteiger partial charge in [-0.2, -0.15) is 0 Å². The smallest absolute Gasteiger partial charge is 0.169 e. The first kappa shape index (κ1) is 14.9. The molecular weight excluding hydrogens is 257 g/mol. The molecule has 1 aromatic rings. The molecular formula is C12H18FNO3S. The number of hydrogen-bond acceptors (Lipinski definition) is 4. The molecule has 1 aromatic carbocycles. The average molecular weight is 275 g/mol. The fourth-order valence-electron chi connectivity index (χ4n) is 1.57. The van der Waals surface area contributed by atoms with Crippen molar-refractivity contribution >= 4 is 9.84 Å². The van der Waals surface area contributed by atoms with Crippen molar-refractivity contribution in [1.82, 2.24) is 0 Å². The molecule has 2 N–H and O–H groups in total. The van der Waals surface area contributed by atoms with Gasteiger partial charge in [0, 0.05) is 11.6 Å². The first-order chi connectivity index (χ1) is 8.39. The summed E-state index contributed by atoms with van der Waals surface area (Å²) in [5.74, 6) is -1.08. The van der Waals surface area contributed by atoms with Crippen LogP contribution in [0.3, 0.4) is 0 Å². The molecule has 0 bridgehead atoms. The molecule has 1 rings (SSSR count). The number of sulfone groups is 1. The van der Waals surface area contributed by atoms with Crippen LogP contribution in [0.4, 0.5) is 4.39 Å². The van der Waals surface area contributed by atoms with E-state index in [-0.39, 0.29) is 22.8 Å². The fraction of sp³-hybridized carbons (Fsp3) is 0.500. The zero-order valence-corrected chi connectivity index (χ0v) is 11.3. The molecule has 4 nitrogen and oxygen atoms in total. The second-order valence-corrected chi connectivity index (χ2v) is 6.27. The van der Waals surface area contributed by atoms with E-state index < -0.39 is 21.7 Å². The van der Waals surface area contributed by atoms with Crippen molar-refractivity contribution in [3.63, 3.8) is 0 Å². The van der Waals surface area contributed by atoms with Gasteiger partial charge in [0.05, 0.1) is 18.6 Å². The summed E-state index contributed by atoms with van der Waals surface area (Å²) in [5, 5.41) is 0. The molecule has 0 aliphatic carbocycles. The Morgan fingerprint density at radius 2 is 2.11 bits per heavy atom. The summed E-state index contributed by atoms with van der Waals surface area (Å²) in [6.45, 7) is 1.81.